The molecule has 3 N–H and O–H groups in total. The number of rotatable bonds is 2. The standard InChI is InChI=1S/C14H9FN2O3/c15-9-6-8(7-16)4-5-10(9)17-14(20)13-11(18)2-1-3-12(13)19/h1-6,18-19H,(H,17,20). The average Bonchev–Trinajstić information content (AvgIpc) is 2.41. The Morgan fingerprint density at radius 1 is 1.20 bits per heavy atom. The van der Waals surface area contributed by atoms with Crippen molar-refractivity contribution in [2.24, 2.45) is 0 Å². The normalized spacial score (nSPS) is 9.80. The molecule has 0 saturated heterocycles. The summed E-state index contributed by atoms with van der Waals surface area (Å²) in [6.45, 7) is 0. The van der Waals surface area contributed by atoms with Gasteiger partial charge >= 0.3 is 0 Å². The lowest BCUT2D eigenvalue weighted by molar-refractivity contribution is 0.102. The molecule has 0 aliphatic rings. The molecule has 0 fully saturated rings. The third-order valence-electron chi connectivity index (χ3n) is 2.59. The van der Waals surface area contributed by atoms with Crippen LogP contribution in [0, 0.1) is 17.1 Å². The summed E-state index contributed by atoms with van der Waals surface area (Å²) in [5, 5.41) is 29.9. The molecule has 0 aromatic heterocycles. The third-order valence-corrected chi connectivity index (χ3v) is 2.59. The Morgan fingerprint density at radius 3 is 2.40 bits per heavy atom. The minimum absolute atomic E-state index is 0.117. The van der Waals surface area contributed by atoms with Crippen molar-refractivity contribution in [1.29, 1.82) is 5.26 Å². The molecule has 6 heteroatoms. The molecule has 0 unspecified atom stereocenters. The minimum atomic E-state index is -0.857. The summed E-state index contributed by atoms with van der Waals surface area (Å²) in [7, 11) is 0. The van der Waals surface area contributed by atoms with E-state index < -0.39 is 23.2 Å². The highest BCUT2D eigenvalue weighted by Crippen LogP contribution is 2.27. The van der Waals surface area contributed by atoms with Crippen LogP contribution in [0.4, 0.5) is 10.1 Å². The fraction of sp³-hybridized carbons (Fsp3) is 0. The van der Waals surface area contributed by atoms with Crippen molar-refractivity contribution in [2.45, 2.75) is 0 Å². The topological polar surface area (TPSA) is 93.4 Å². The monoisotopic (exact) mass is 272 g/mol. The number of amides is 1. The molecule has 5 nitrogen and oxygen atoms in total. The lowest BCUT2D eigenvalue weighted by Crippen LogP contribution is -2.13. The molecule has 0 bridgehead atoms. The summed E-state index contributed by atoms with van der Waals surface area (Å²) in [6, 6.07) is 9.12. The maximum absolute atomic E-state index is 13.6. The average molecular weight is 272 g/mol. The second-order valence-electron chi connectivity index (χ2n) is 3.93. The zero-order valence-electron chi connectivity index (χ0n) is 10.1. The number of nitrogens with one attached hydrogen (secondary N) is 1. The summed E-state index contributed by atoms with van der Waals surface area (Å²) >= 11 is 0. The van der Waals surface area contributed by atoms with Crippen LogP contribution in [0.2, 0.25) is 0 Å². The zero-order chi connectivity index (χ0) is 14.7. The first-order chi connectivity index (χ1) is 9.52. The van der Waals surface area contributed by atoms with E-state index in [-0.39, 0.29) is 16.8 Å². The fourth-order valence-electron chi connectivity index (χ4n) is 1.63. The largest absolute Gasteiger partial charge is 0.507 e. The Morgan fingerprint density at radius 2 is 1.85 bits per heavy atom. The smallest absolute Gasteiger partial charge is 0.263 e. The summed E-state index contributed by atoms with van der Waals surface area (Å²) in [4.78, 5) is 11.9. The van der Waals surface area contributed by atoms with Gasteiger partial charge in [0.1, 0.15) is 22.9 Å². The van der Waals surface area contributed by atoms with Crippen LogP contribution in [-0.2, 0) is 0 Å². The van der Waals surface area contributed by atoms with Crippen molar-refractivity contribution in [3.63, 3.8) is 0 Å². The van der Waals surface area contributed by atoms with Gasteiger partial charge in [-0.3, -0.25) is 4.79 Å². The summed E-state index contributed by atoms with van der Waals surface area (Å²) in [6.07, 6.45) is 0. The van der Waals surface area contributed by atoms with E-state index in [1.54, 1.807) is 6.07 Å². The van der Waals surface area contributed by atoms with E-state index in [0.717, 1.165) is 6.07 Å². The molecule has 2 aromatic carbocycles. The van der Waals surface area contributed by atoms with Crippen molar-refractivity contribution >= 4 is 11.6 Å². The van der Waals surface area contributed by atoms with Crippen LogP contribution in [-0.4, -0.2) is 16.1 Å². The second kappa shape index (κ2) is 5.28. The van der Waals surface area contributed by atoms with Gasteiger partial charge in [-0.25, -0.2) is 4.39 Å². The molecular formula is C14H9FN2O3. The van der Waals surface area contributed by atoms with Gasteiger partial charge in [0.05, 0.1) is 17.3 Å². The van der Waals surface area contributed by atoms with Gasteiger partial charge in [0.25, 0.3) is 5.91 Å². The maximum Gasteiger partial charge on any atom is 0.263 e. The number of halogens is 1. The van der Waals surface area contributed by atoms with E-state index in [0.29, 0.717) is 0 Å². The van der Waals surface area contributed by atoms with E-state index in [1.807, 2.05) is 0 Å². The van der Waals surface area contributed by atoms with Gasteiger partial charge < -0.3 is 15.5 Å². The van der Waals surface area contributed by atoms with Crippen LogP contribution in [0.25, 0.3) is 0 Å². The van der Waals surface area contributed by atoms with Crippen LogP contribution in [0.3, 0.4) is 0 Å². The molecular weight excluding hydrogens is 263 g/mol. The lowest BCUT2D eigenvalue weighted by Gasteiger charge is -2.09. The van der Waals surface area contributed by atoms with Crippen LogP contribution >= 0.6 is 0 Å². The molecule has 0 saturated carbocycles. The molecule has 0 heterocycles. The number of carbonyl (C=O) groups is 1. The predicted octanol–water partition coefficient (Wildman–Crippen LogP) is 2.36. The second-order valence-corrected chi connectivity index (χ2v) is 3.93. The maximum atomic E-state index is 13.6. The number of benzene rings is 2. The highest BCUT2D eigenvalue weighted by Gasteiger charge is 2.17. The number of anilines is 1. The van der Waals surface area contributed by atoms with Crippen LogP contribution in [0.5, 0.6) is 11.5 Å². The number of phenolic OH excluding ortho intramolecular Hbond substituents is 2. The van der Waals surface area contributed by atoms with Gasteiger partial charge in [-0.05, 0) is 30.3 Å². The van der Waals surface area contributed by atoms with Gasteiger partial charge in [0.15, 0.2) is 0 Å². The number of nitriles is 1. The van der Waals surface area contributed by atoms with E-state index >= 15 is 0 Å². The van der Waals surface area contributed by atoms with Crippen LogP contribution < -0.4 is 5.32 Å². The predicted molar refractivity (Wildman–Crippen MR) is 68.8 cm³/mol. The lowest BCUT2D eigenvalue weighted by atomic mass is 10.1. The SMILES string of the molecule is N#Cc1ccc(NC(=O)c2c(O)cccc2O)c(F)c1. The highest BCUT2D eigenvalue weighted by molar-refractivity contribution is 6.08. The van der Waals surface area contributed by atoms with Gasteiger partial charge in [-0.2, -0.15) is 5.26 Å². The molecule has 1 amide bonds. The van der Waals surface area contributed by atoms with Crippen molar-refractivity contribution in [1.82, 2.24) is 0 Å². The highest BCUT2D eigenvalue weighted by atomic mass is 19.1. The van der Waals surface area contributed by atoms with Gasteiger partial charge in [0.2, 0.25) is 0 Å². The van der Waals surface area contributed by atoms with Crippen molar-refractivity contribution in [3.05, 3.63) is 53.3 Å². The minimum Gasteiger partial charge on any atom is -0.507 e. The fourth-order valence-corrected chi connectivity index (χ4v) is 1.63. The Labute approximate surface area is 113 Å². The van der Waals surface area contributed by atoms with E-state index in [2.05, 4.69) is 5.32 Å². The van der Waals surface area contributed by atoms with Gasteiger partial charge in [-0.15, -0.1) is 0 Å². The summed E-state index contributed by atoms with van der Waals surface area (Å²) in [5.41, 5.74) is -0.390. The molecule has 0 aliphatic heterocycles. The number of phenols is 2. The molecule has 2 rings (SSSR count). The van der Waals surface area contributed by atoms with Gasteiger partial charge in [-0.1, -0.05) is 6.07 Å². The summed E-state index contributed by atoms with van der Waals surface area (Å²) in [5.74, 6) is -2.48. The Bertz CT molecular complexity index is 703. The Kier molecular flexibility index (Phi) is 3.53. The number of carbonyl (C=O) groups excluding carboxylic acids is 1. The molecule has 0 aliphatic carbocycles. The van der Waals surface area contributed by atoms with E-state index in [1.165, 1.54) is 30.3 Å². The first-order valence-corrected chi connectivity index (χ1v) is 5.55. The molecule has 0 atom stereocenters. The van der Waals surface area contributed by atoms with E-state index in [9.17, 15) is 19.4 Å². The molecule has 100 valence electrons. The quantitative estimate of drug-likeness (QED) is 0.782. The number of hydrogen-bond acceptors (Lipinski definition) is 4. The first kappa shape index (κ1) is 13.4. The van der Waals surface area contributed by atoms with Crippen molar-refractivity contribution in [3.8, 4) is 17.6 Å². The van der Waals surface area contributed by atoms with Crippen LogP contribution in [0.15, 0.2) is 36.4 Å². The van der Waals surface area contributed by atoms with Gasteiger partial charge in [0, 0.05) is 0 Å². The molecule has 2 aromatic rings. The number of hydrogen-bond donors (Lipinski definition) is 3. The van der Waals surface area contributed by atoms with Crippen LogP contribution in [0.1, 0.15) is 15.9 Å². The Hall–Kier alpha value is -3.07. The number of nitrogens with zero attached hydrogens (tertiary/aromatic N) is 1. The summed E-state index contributed by atoms with van der Waals surface area (Å²) < 4.78 is 13.6. The van der Waals surface area contributed by atoms with Crippen molar-refractivity contribution < 1.29 is 19.4 Å². The van der Waals surface area contributed by atoms with E-state index in [4.69, 9.17) is 5.26 Å². The number of aromatic hydroxyl groups is 2. The zero-order valence-corrected chi connectivity index (χ0v) is 10.1. The Balaban J connectivity index is 2.31. The molecule has 0 radical (unpaired) electrons. The third kappa shape index (κ3) is 2.52. The van der Waals surface area contributed by atoms with Crippen molar-refractivity contribution in [2.75, 3.05) is 5.32 Å². The molecule has 20 heavy (non-hydrogen) atoms. The first-order valence-electron chi connectivity index (χ1n) is 5.55. The molecule has 0 spiro atoms.